The molecular weight excluding hydrogens is 534 g/mol. The Hall–Kier alpha value is -4.08. The maximum atomic E-state index is 12.7. The third kappa shape index (κ3) is 7.52. The van der Waals surface area contributed by atoms with Crippen LogP contribution in [0.2, 0.25) is 0 Å². The Morgan fingerprint density at radius 3 is 2.45 bits per heavy atom. The molecule has 2 heterocycles. The Bertz CT molecular complexity index is 1160. The number of aliphatic hydroxyl groups is 2. The van der Waals surface area contributed by atoms with E-state index < -0.39 is 79.3 Å². The van der Waals surface area contributed by atoms with E-state index in [1.807, 2.05) is 0 Å². The summed E-state index contributed by atoms with van der Waals surface area (Å²) in [7, 11) is 0. The van der Waals surface area contributed by atoms with Crippen molar-refractivity contribution in [3.8, 4) is 5.75 Å². The van der Waals surface area contributed by atoms with Gasteiger partial charge >= 0.3 is 5.97 Å². The number of ether oxygens (including phenoxy) is 4. The number of likely N-dealkylation sites (tertiary alicyclic amines) is 1. The third-order valence-electron chi connectivity index (χ3n) is 6.31. The Morgan fingerprint density at radius 2 is 1.82 bits per heavy atom. The van der Waals surface area contributed by atoms with Crippen LogP contribution in [0.25, 0.3) is 0 Å². The summed E-state index contributed by atoms with van der Waals surface area (Å²) < 4.78 is 20.8. The zero-order valence-corrected chi connectivity index (χ0v) is 22.0. The fourth-order valence-electron chi connectivity index (χ4n) is 4.02. The molecular formula is C25H31N3O12. The lowest BCUT2D eigenvalue weighted by molar-refractivity contribution is -0.309. The number of hydrogen-bond donors (Lipinski definition) is 4. The van der Waals surface area contributed by atoms with Crippen molar-refractivity contribution in [3.63, 3.8) is 0 Å². The lowest BCUT2D eigenvalue weighted by Crippen LogP contribution is -2.55. The van der Waals surface area contributed by atoms with Crippen LogP contribution in [0, 0.1) is 11.8 Å². The minimum Gasteiger partial charge on any atom is -0.461 e. The van der Waals surface area contributed by atoms with Crippen LogP contribution in [0.1, 0.15) is 32.8 Å². The lowest BCUT2D eigenvalue weighted by Gasteiger charge is -2.40. The second-order valence-corrected chi connectivity index (χ2v) is 9.42. The van der Waals surface area contributed by atoms with Gasteiger partial charge in [0.1, 0.15) is 31.1 Å². The summed E-state index contributed by atoms with van der Waals surface area (Å²) in [5.74, 6) is -4.26. The fourth-order valence-corrected chi connectivity index (χ4v) is 4.02. The second-order valence-electron chi connectivity index (χ2n) is 9.42. The maximum absolute atomic E-state index is 12.7. The van der Waals surface area contributed by atoms with Crippen LogP contribution in [-0.2, 0) is 49.6 Å². The normalized spacial score (nSPS) is 26.2. The molecule has 0 aromatic heterocycles. The largest absolute Gasteiger partial charge is 0.461 e. The molecule has 0 saturated carbocycles. The Morgan fingerprint density at radius 1 is 1.12 bits per heavy atom. The van der Waals surface area contributed by atoms with Gasteiger partial charge in [-0.15, -0.1) is 0 Å². The molecule has 6 atom stereocenters. The van der Waals surface area contributed by atoms with E-state index in [2.05, 4.69) is 10.6 Å². The van der Waals surface area contributed by atoms with Gasteiger partial charge in [0, 0.05) is 25.2 Å². The molecule has 4 amide bonds. The number of carbonyl (C=O) groups is 6. The third-order valence-corrected chi connectivity index (χ3v) is 6.31. The van der Waals surface area contributed by atoms with Crippen LogP contribution in [0.5, 0.6) is 5.75 Å². The number of rotatable bonds is 11. The highest BCUT2D eigenvalue weighted by Gasteiger charge is 2.45. The van der Waals surface area contributed by atoms with Crippen molar-refractivity contribution in [2.24, 2.45) is 11.8 Å². The van der Waals surface area contributed by atoms with Crippen molar-refractivity contribution in [1.29, 1.82) is 0 Å². The van der Waals surface area contributed by atoms with Crippen molar-refractivity contribution in [3.05, 3.63) is 23.8 Å². The first kappa shape index (κ1) is 30.5. The highest BCUT2D eigenvalue weighted by atomic mass is 16.8. The minimum absolute atomic E-state index is 0.00834. The smallest absolute Gasteiger partial charge is 0.302 e. The number of nitrogens with zero attached hydrogens (tertiary/aromatic N) is 1. The fraction of sp³-hybridized carbons (Fsp3) is 0.520. The molecule has 2 aliphatic heterocycles. The van der Waals surface area contributed by atoms with Gasteiger partial charge in [-0.3, -0.25) is 38.4 Å². The van der Waals surface area contributed by atoms with Crippen molar-refractivity contribution in [2.75, 3.05) is 18.4 Å². The molecule has 0 spiro atoms. The van der Waals surface area contributed by atoms with E-state index in [1.165, 1.54) is 32.0 Å². The van der Waals surface area contributed by atoms with E-state index in [1.54, 1.807) is 6.92 Å². The summed E-state index contributed by atoms with van der Waals surface area (Å²) in [6.07, 6.45) is -5.52. The van der Waals surface area contributed by atoms with E-state index in [0.717, 1.165) is 4.90 Å². The molecule has 15 nitrogen and oxygen atoms in total. The van der Waals surface area contributed by atoms with Crippen LogP contribution in [-0.4, -0.2) is 89.1 Å². The second kappa shape index (κ2) is 13.3. The Labute approximate surface area is 228 Å². The predicted molar refractivity (Wildman–Crippen MR) is 132 cm³/mol. The number of anilines is 1. The molecule has 2 fully saturated rings. The van der Waals surface area contributed by atoms with E-state index in [4.69, 9.17) is 18.9 Å². The average molecular weight is 566 g/mol. The van der Waals surface area contributed by atoms with Crippen molar-refractivity contribution in [2.45, 2.75) is 58.6 Å². The zero-order valence-electron chi connectivity index (χ0n) is 22.0. The molecule has 1 aromatic rings. The van der Waals surface area contributed by atoms with Gasteiger partial charge in [0.2, 0.25) is 36.2 Å². The van der Waals surface area contributed by atoms with Crippen LogP contribution >= 0.6 is 0 Å². The van der Waals surface area contributed by atoms with Gasteiger partial charge in [0.15, 0.2) is 0 Å². The minimum atomic E-state index is -1.42. The summed E-state index contributed by atoms with van der Waals surface area (Å²) in [5.41, 5.74) is 0.503. The number of carbonyl (C=O) groups excluding carboxylic acids is 6. The summed E-state index contributed by atoms with van der Waals surface area (Å²) in [6, 6.07) is 4.35. The number of amides is 4. The molecule has 2 aliphatic rings. The molecule has 0 radical (unpaired) electrons. The topological polar surface area (TPSA) is 207 Å². The van der Waals surface area contributed by atoms with E-state index in [9.17, 15) is 39.0 Å². The Kier molecular flexibility index (Phi) is 10.1. The highest BCUT2D eigenvalue weighted by Crippen LogP contribution is 2.32. The summed E-state index contributed by atoms with van der Waals surface area (Å²) in [5, 5.41) is 25.6. The molecule has 3 rings (SSSR count). The molecule has 218 valence electrons. The summed E-state index contributed by atoms with van der Waals surface area (Å²) in [4.78, 5) is 71.6. The quantitative estimate of drug-likeness (QED) is 0.142. The number of aliphatic hydroxyl groups excluding tert-OH is 2. The highest BCUT2D eigenvalue weighted by molar-refractivity contribution is 6.06. The first-order valence-corrected chi connectivity index (χ1v) is 12.4. The van der Waals surface area contributed by atoms with Crippen LogP contribution in [0.3, 0.4) is 0 Å². The van der Waals surface area contributed by atoms with Gasteiger partial charge in [-0.05, 0) is 17.7 Å². The van der Waals surface area contributed by atoms with Crippen LogP contribution in [0.15, 0.2) is 18.2 Å². The van der Waals surface area contributed by atoms with Gasteiger partial charge in [0.25, 0.3) is 6.47 Å². The molecule has 0 bridgehead atoms. The molecule has 40 heavy (non-hydrogen) atoms. The number of hydrogen-bond acceptors (Lipinski definition) is 12. The SMILES string of the molecule is CC(=O)OCc1ccc(O[C@@H]2O[C@H](OC=O)[C@@H](O)[C@H](C)[C@H]2O)c(NC(=O)CNC(=O)CN2C(=O)CC(C)C2=O)c1. The van der Waals surface area contributed by atoms with E-state index in [0.29, 0.717) is 5.56 Å². The van der Waals surface area contributed by atoms with Crippen molar-refractivity contribution >= 4 is 41.8 Å². The first-order valence-electron chi connectivity index (χ1n) is 12.4. The van der Waals surface area contributed by atoms with Crippen LogP contribution in [0.4, 0.5) is 5.69 Å². The number of nitrogens with one attached hydrogen (secondary N) is 2. The lowest BCUT2D eigenvalue weighted by atomic mass is 9.94. The van der Waals surface area contributed by atoms with Gasteiger partial charge in [-0.1, -0.05) is 19.9 Å². The van der Waals surface area contributed by atoms with Crippen molar-refractivity contribution in [1.82, 2.24) is 10.2 Å². The summed E-state index contributed by atoms with van der Waals surface area (Å²) >= 11 is 0. The predicted octanol–water partition coefficient (Wildman–Crippen LogP) is -1.21. The molecule has 1 aromatic carbocycles. The monoisotopic (exact) mass is 565 g/mol. The Balaban J connectivity index is 1.70. The number of esters is 1. The summed E-state index contributed by atoms with van der Waals surface area (Å²) in [6.45, 7) is 3.19. The van der Waals surface area contributed by atoms with Crippen molar-refractivity contribution < 1.29 is 57.9 Å². The maximum Gasteiger partial charge on any atom is 0.302 e. The van der Waals surface area contributed by atoms with E-state index >= 15 is 0 Å². The number of benzene rings is 1. The van der Waals surface area contributed by atoms with Gasteiger partial charge in [0.05, 0.1) is 12.2 Å². The molecule has 0 aliphatic carbocycles. The van der Waals surface area contributed by atoms with E-state index in [-0.39, 0.29) is 30.9 Å². The molecule has 4 N–H and O–H groups in total. The van der Waals surface area contributed by atoms with Gasteiger partial charge < -0.3 is 35.1 Å². The zero-order chi connectivity index (χ0) is 29.6. The van der Waals surface area contributed by atoms with Gasteiger partial charge in [-0.2, -0.15) is 0 Å². The molecule has 2 saturated heterocycles. The average Bonchev–Trinajstić information content (AvgIpc) is 3.14. The number of imide groups is 1. The standard InChI is InChI=1S/C25H31N3O12/c1-12-6-20(33)28(23(12)36)9-19(32)26-8-18(31)27-16-7-15(10-37-14(3)30)4-5-17(16)39-25-22(35)13(2)21(34)24(40-25)38-11-29/h4-5,7,11-13,21-22,24-25,34-35H,6,8-10H2,1-3H3,(H,26,32)(H,27,31)/t12?,13-,21-,22+,24-,25+/m0/s1. The van der Waals surface area contributed by atoms with Crippen LogP contribution < -0.4 is 15.4 Å². The van der Waals surface area contributed by atoms with Gasteiger partial charge in [-0.25, -0.2) is 0 Å². The molecule has 15 heteroatoms. The first-order chi connectivity index (χ1) is 18.9. The molecule has 1 unspecified atom stereocenters.